The number of aliphatic hydroxyl groups excluding tert-OH is 1. The fourth-order valence-electron chi connectivity index (χ4n) is 3.77. The van der Waals surface area contributed by atoms with E-state index in [2.05, 4.69) is 20.8 Å². The third kappa shape index (κ3) is 5.29. The molecule has 1 aromatic rings. The lowest BCUT2D eigenvalue weighted by Gasteiger charge is -2.36. The maximum absolute atomic E-state index is 12.6. The van der Waals surface area contributed by atoms with Gasteiger partial charge in [0.15, 0.2) is 0 Å². The highest BCUT2D eigenvalue weighted by Crippen LogP contribution is 2.27. The van der Waals surface area contributed by atoms with Crippen molar-refractivity contribution < 1.29 is 19.5 Å². The first-order valence-corrected chi connectivity index (χ1v) is 9.53. The summed E-state index contributed by atoms with van der Waals surface area (Å²) < 4.78 is 0. The van der Waals surface area contributed by atoms with Crippen LogP contribution >= 0.6 is 0 Å². The highest BCUT2D eigenvalue weighted by molar-refractivity contribution is 5.87. The van der Waals surface area contributed by atoms with Crippen molar-refractivity contribution in [3.63, 3.8) is 0 Å². The Morgan fingerprint density at radius 1 is 1.37 bits per heavy atom. The molecular weight excluding hydrogens is 350 g/mol. The van der Waals surface area contributed by atoms with Crippen molar-refractivity contribution in [3.05, 3.63) is 18.0 Å². The number of nitrogens with zero attached hydrogens (tertiary/aromatic N) is 2. The number of rotatable bonds is 6. The lowest BCUT2D eigenvalue weighted by atomic mass is 9.83. The Labute approximate surface area is 157 Å². The number of piperazine rings is 1. The van der Waals surface area contributed by atoms with E-state index < -0.39 is 6.10 Å². The Morgan fingerprint density at radius 3 is 2.93 bits per heavy atom. The Morgan fingerprint density at radius 2 is 2.22 bits per heavy atom. The minimum atomic E-state index is -0.746. The molecule has 3 rings (SSSR count). The molecule has 0 bridgehead atoms. The van der Waals surface area contributed by atoms with Crippen LogP contribution in [0.1, 0.15) is 37.7 Å². The summed E-state index contributed by atoms with van der Waals surface area (Å²) in [6.45, 7) is 1.06. The Bertz CT molecular complexity index is 663. The van der Waals surface area contributed by atoms with Crippen molar-refractivity contribution in [1.82, 2.24) is 25.7 Å². The quantitative estimate of drug-likeness (QED) is 0.523. The number of aryl methyl sites for hydroxylation is 1. The third-order valence-corrected chi connectivity index (χ3v) is 5.29. The minimum absolute atomic E-state index is 0.0752. The van der Waals surface area contributed by atoms with E-state index in [1.165, 1.54) is 0 Å². The smallest absolute Gasteiger partial charge is 0.239 e. The van der Waals surface area contributed by atoms with Gasteiger partial charge in [0.1, 0.15) is 0 Å². The summed E-state index contributed by atoms with van der Waals surface area (Å²) in [6, 6.07) is -0.319. The van der Waals surface area contributed by atoms with Crippen LogP contribution in [-0.2, 0) is 20.8 Å². The highest BCUT2D eigenvalue weighted by Gasteiger charge is 2.36. The number of amides is 3. The van der Waals surface area contributed by atoms with Crippen LogP contribution in [0.4, 0.5) is 0 Å². The summed E-state index contributed by atoms with van der Waals surface area (Å²) in [7, 11) is 0. The lowest BCUT2D eigenvalue weighted by Crippen LogP contribution is -2.54. The Hall–Kier alpha value is -2.42. The van der Waals surface area contributed by atoms with Crippen LogP contribution in [0, 0.1) is 5.92 Å². The average molecular weight is 377 g/mol. The van der Waals surface area contributed by atoms with Crippen LogP contribution in [-0.4, -0.2) is 69.7 Å². The van der Waals surface area contributed by atoms with Crippen molar-refractivity contribution in [3.8, 4) is 0 Å². The summed E-state index contributed by atoms with van der Waals surface area (Å²) in [4.78, 5) is 37.7. The molecule has 1 saturated heterocycles. The van der Waals surface area contributed by atoms with Gasteiger partial charge in [-0.3, -0.25) is 19.5 Å². The van der Waals surface area contributed by atoms with Gasteiger partial charge in [0.05, 0.1) is 24.9 Å². The van der Waals surface area contributed by atoms with E-state index in [-0.39, 0.29) is 36.2 Å². The second-order valence-corrected chi connectivity index (χ2v) is 7.32. The maximum atomic E-state index is 12.6. The van der Waals surface area contributed by atoms with Gasteiger partial charge in [-0.1, -0.05) is 0 Å². The van der Waals surface area contributed by atoms with Crippen molar-refractivity contribution in [2.75, 3.05) is 19.6 Å². The third-order valence-electron chi connectivity index (χ3n) is 5.29. The van der Waals surface area contributed by atoms with E-state index >= 15 is 0 Å². The van der Waals surface area contributed by atoms with E-state index in [1.54, 1.807) is 11.1 Å². The summed E-state index contributed by atoms with van der Waals surface area (Å²) in [5, 5.41) is 22.6. The van der Waals surface area contributed by atoms with Gasteiger partial charge in [-0.05, 0) is 37.7 Å². The monoisotopic (exact) mass is 377 g/mol. The summed E-state index contributed by atoms with van der Waals surface area (Å²) in [5.74, 6) is -0.597. The summed E-state index contributed by atoms with van der Waals surface area (Å²) in [5.41, 5.74) is 1.06. The fourth-order valence-corrected chi connectivity index (χ4v) is 3.77. The first-order chi connectivity index (χ1) is 13.0. The molecule has 2 aliphatic rings. The van der Waals surface area contributed by atoms with Gasteiger partial charge in [-0.25, -0.2) is 0 Å². The molecule has 3 amide bonds. The molecule has 1 saturated carbocycles. The number of aromatic amines is 1. The number of aromatic nitrogens is 2. The number of nitrogens with one attached hydrogen (secondary N) is 3. The van der Waals surface area contributed by atoms with Gasteiger partial charge in [0.25, 0.3) is 0 Å². The molecule has 0 unspecified atom stereocenters. The molecular formula is C18H27N5O4. The van der Waals surface area contributed by atoms with Crippen LogP contribution < -0.4 is 10.6 Å². The molecule has 1 aliphatic carbocycles. The van der Waals surface area contributed by atoms with E-state index in [0.29, 0.717) is 45.2 Å². The molecule has 9 nitrogen and oxygen atoms in total. The second-order valence-electron chi connectivity index (χ2n) is 7.32. The molecule has 27 heavy (non-hydrogen) atoms. The van der Waals surface area contributed by atoms with Crippen LogP contribution in [0.25, 0.3) is 0 Å². The molecule has 3 atom stereocenters. The zero-order chi connectivity index (χ0) is 19.2. The normalized spacial score (nSPS) is 25.7. The number of carbonyl (C=O) groups excluding carboxylic acids is 3. The van der Waals surface area contributed by atoms with Crippen LogP contribution in [0.3, 0.4) is 0 Å². The molecule has 2 fully saturated rings. The van der Waals surface area contributed by atoms with Gasteiger partial charge in [0.2, 0.25) is 17.7 Å². The van der Waals surface area contributed by atoms with Gasteiger partial charge in [-0.15, -0.1) is 0 Å². The summed E-state index contributed by atoms with van der Waals surface area (Å²) >= 11 is 0. The molecule has 148 valence electrons. The maximum Gasteiger partial charge on any atom is 0.239 e. The SMILES string of the molecule is O=C1CN(C(=O)[C@H]2CC[C@H](NC(=O)CCCc3cn[nH]c3)[C@@H](O)C2)CCN1. The lowest BCUT2D eigenvalue weighted by molar-refractivity contribution is -0.143. The van der Waals surface area contributed by atoms with Gasteiger partial charge >= 0.3 is 0 Å². The highest BCUT2D eigenvalue weighted by atomic mass is 16.3. The number of aliphatic hydroxyl groups is 1. The van der Waals surface area contributed by atoms with E-state index in [9.17, 15) is 19.5 Å². The van der Waals surface area contributed by atoms with Crippen molar-refractivity contribution >= 4 is 17.7 Å². The van der Waals surface area contributed by atoms with E-state index in [0.717, 1.165) is 12.0 Å². The van der Waals surface area contributed by atoms with E-state index in [4.69, 9.17) is 0 Å². The summed E-state index contributed by atoms with van der Waals surface area (Å²) in [6.07, 6.45) is 6.17. The van der Waals surface area contributed by atoms with Gasteiger partial charge in [-0.2, -0.15) is 5.10 Å². The van der Waals surface area contributed by atoms with Crippen molar-refractivity contribution in [2.24, 2.45) is 5.92 Å². The largest absolute Gasteiger partial charge is 0.391 e. The molecule has 0 spiro atoms. The van der Waals surface area contributed by atoms with Crippen molar-refractivity contribution in [2.45, 2.75) is 50.7 Å². The fraction of sp³-hybridized carbons (Fsp3) is 0.667. The first-order valence-electron chi connectivity index (χ1n) is 9.53. The Kier molecular flexibility index (Phi) is 6.44. The zero-order valence-corrected chi connectivity index (χ0v) is 15.3. The number of hydrogen-bond acceptors (Lipinski definition) is 5. The molecule has 0 aromatic carbocycles. The predicted molar refractivity (Wildman–Crippen MR) is 96.4 cm³/mol. The number of carbonyl (C=O) groups is 3. The molecule has 0 radical (unpaired) electrons. The molecule has 9 heteroatoms. The van der Waals surface area contributed by atoms with Crippen LogP contribution in [0.15, 0.2) is 12.4 Å². The van der Waals surface area contributed by atoms with E-state index in [1.807, 2.05) is 6.20 Å². The zero-order valence-electron chi connectivity index (χ0n) is 15.3. The van der Waals surface area contributed by atoms with Gasteiger partial charge < -0.3 is 20.6 Å². The van der Waals surface area contributed by atoms with Crippen LogP contribution in [0.5, 0.6) is 0 Å². The predicted octanol–water partition coefficient (Wildman–Crippen LogP) is -0.663. The minimum Gasteiger partial charge on any atom is -0.391 e. The number of hydrogen-bond donors (Lipinski definition) is 4. The standard InChI is InChI=1S/C18H27N5O4/c24-15-8-13(18(27)23-7-6-19-17(26)11-23)4-5-14(15)22-16(25)3-1-2-12-9-20-21-10-12/h9-10,13-15,24H,1-8,11H2,(H,19,26)(H,20,21)(H,22,25)/t13-,14-,15-/m0/s1. The number of H-pyrrole nitrogens is 1. The Balaban J connectivity index is 1.40. The van der Waals surface area contributed by atoms with Gasteiger partial charge in [0, 0.05) is 31.6 Å². The first kappa shape index (κ1) is 19.3. The molecule has 2 heterocycles. The van der Waals surface area contributed by atoms with Crippen LogP contribution in [0.2, 0.25) is 0 Å². The molecule has 1 aliphatic heterocycles. The molecule has 4 N–H and O–H groups in total. The average Bonchev–Trinajstić information content (AvgIpc) is 3.16. The van der Waals surface area contributed by atoms with Crippen molar-refractivity contribution in [1.29, 1.82) is 0 Å². The molecule has 1 aromatic heterocycles. The second kappa shape index (κ2) is 8.98. The topological polar surface area (TPSA) is 127 Å².